The van der Waals surface area contributed by atoms with E-state index in [9.17, 15) is 10.2 Å². The second-order valence-electron chi connectivity index (χ2n) is 3.75. The first-order valence-corrected chi connectivity index (χ1v) is 5.00. The highest BCUT2D eigenvalue weighted by Crippen LogP contribution is 2.32. The summed E-state index contributed by atoms with van der Waals surface area (Å²) < 4.78 is 0. The molecular formula is C13H14O2. The number of hydrogen-bond donors (Lipinski definition) is 2. The number of allylic oxidation sites excluding steroid dienone is 2. The summed E-state index contributed by atoms with van der Waals surface area (Å²) in [5, 5.41) is 19.5. The van der Waals surface area contributed by atoms with Gasteiger partial charge in [0.15, 0.2) is 0 Å². The van der Waals surface area contributed by atoms with Crippen molar-refractivity contribution in [2.75, 3.05) is 6.61 Å². The Morgan fingerprint density at radius 1 is 1.13 bits per heavy atom. The zero-order valence-electron chi connectivity index (χ0n) is 8.38. The van der Waals surface area contributed by atoms with Crippen LogP contribution in [-0.2, 0) is 5.41 Å². The zero-order chi connectivity index (χ0) is 10.7. The van der Waals surface area contributed by atoms with Crippen LogP contribution in [0.2, 0.25) is 0 Å². The molecule has 2 nitrogen and oxygen atoms in total. The van der Waals surface area contributed by atoms with Gasteiger partial charge in [-0.2, -0.15) is 0 Å². The number of rotatable bonds is 2. The van der Waals surface area contributed by atoms with Crippen molar-refractivity contribution in [3.63, 3.8) is 0 Å². The smallest absolute Gasteiger partial charge is 0.0877 e. The third-order valence-electron chi connectivity index (χ3n) is 2.90. The molecule has 2 unspecified atom stereocenters. The molecule has 0 bridgehead atoms. The molecule has 2 atom stereocenters. The van der Waals surface area contributed by atoms with Crippen LogP contribution in [0.15, 0.2) is 54.6 Å². The minimum atomic E-state index is -0.685. The van der Waals surface area contributed by atoms with Gasteiger partial charge in [0.25, 0.3) is 0 Å². The first kappa shape index (κ1) is 10.1. The van der Waals surface area contributed by atoms with E-state index < -0.39 is 11.5 Å². The van der Waals surface area contributed by atoms with Crippen LogP contribution in [0.1, 0.15) is 5.56 Å². The average molecular weight is 202 g/mol. The molecule has 2 rings (SSSR count). The van der Waals surface area contributed by atoms with E-state index in [4.69, 9.17) is 0 Å². The monoisotopic (exact) mass is 202 g/mol. The fraction of sp³-hybridized carbons (Fsp3) is 0.231. The quantitative estimate of drug-likeness (QED) is 0.761. The Bertz CT molecular complexity index is 381. The Morgan fingerprint density at radius 3 is 2.47 bits per heavy atom. The van der Waals surface area contributed by atoms with Crippen LogP contribution in [-0.4, -0.2) is 22.9 Å². The van der Waals surface area contributed by atoms with Crippen molar-refractivity contribution >= 4 is 0 Å². The lowest BCUT2D eigenvalue weighted by Crippen LogP contribution is -2.41. The minimum absolute atomic E-state index is 0.0982. The van der Waals surface area contributed by atoms with Crippen LogP contribution < -0.4 is 0 Å². The van der Waals surface area contributed by atoms with Crippen molar-refractivity contribution in [1.82, 2.24) is 0 Å². The topological polar surface area (TPSA) is 40.5 Å². The summed E-state index contributed by atoms with van der Waals surface area (Å²) in [7, 11) is 0. The van der Waals surface area contributed by atoms with Gasteiger partial charge in [-0.15, -0.1) is 0 Å². The lowest BCUT2D eigenvalue weighted by molar-refractivity contribution is 0.0969. The minimum Gasteiger partial charge on any atom is -0.395 e. The average Bonchev–Trinajstić information content (AvgIpc) is 2.31. The van der Waals surface area contributed by atoms with Crippen molar-refractivity contribution < 1.29 is 10.2 Å². The summed E-state index contributed by atoms with van der Waals surface area (Å²) in [5.41, 5.74) is 0.247. The van der Waals surface area contributed by atoms with Gasteiger partial charge in [-0.25, -0.2) is 0 Å². The molecule has 78 valence electrons. The van der Waals surface area contributed by atoms with Crippen LogP contribution >= 0.6 is 0 Å². The molecule has 2 heteroatoms. The molecule has 0 amide bonds. The predicted molar refractivity (Wildman–Crippen MR) is 59.5 cm³/mol. The van der Waals surface area contributed by atoms with Crippen LogP contribution in [0.3, 0.4) is 0 Å². The van der Waals surface area contributed by atoms with Crippen LogP contribution in [0, 0.1) is 0 Å². The van der Waals surface area contributed by atoms with Crippen LogP contribution in [0.5, 0.6) is 0 Å². The number of benzene rings is 1. The second kappa shape index (κ2) is 4.01. The largest absolute Gasteiger partial charge is 0.395 e. The van der Waals surface area contributed by atoms with Crippen molar-refractivity contribution in [1.29, 1.82) is 0 Å². The van der Waals surface area contributed by atoms with Gasteiger partial charge in [0, 0.05) is 0 Å². The molecule has 0 aliphatic heterocycles. The van der Waals surface area contributed by atoms with Crippen LogP contribution in [0.4, 0.5) is 0 Å². The third-order valence-corrected chi connectivity index (χ3v) is 2.90. The Balaban J connectivity index is 2.46. The Hall–Kier alpha value is -1.38. The van der Waals surface area contributed by atoms with E-state index in [1.165, 1.54) is 0 Å². The SMILES string of the molecule is OCC1(c2ccccc2)C=CC=CC1O. The van der Waals surface area contributed by atoms with E-state index in [1.807, 2.05) is 42.5 Å². The maximum atomic E-state index is 9.97. The van der Waals surface area contributed by atoms with Gasteiger partial charge in [0.05, 0.1) is 18.1 Å². The van der Waals surface area contributed by atoms with Gasteiger partial charge in [-0.1, -0.05) is 54.6 Å². The highest BCUT2D eigenvalue weighted by molar-refractivity contribution is 5.38. The van der Waals surface area contributed by atoms with E-state index in [0.717, 1.165) is 5.56 Å². The molecule has 0 spiro atoms. The van der Waals surface area contributed by atoms with Crippen molar-refractivity contribution in [2.45, 2.75) is 11.5 Å². The molecule has 0 saturated carbocycles. The molecule has 2 N–H and O–H groups in total. The third kappa shape index (κ3) is 1.62. The molecule has 1 aliphatic carbocycles. The molecule has 0 heterocycles. The predicted octanol–water partition coefficient (Wildman–Crippen LogP) is 1.40. The molecule has 0 radical (unpaired) electrons. The lowest BCUT2D eigenvalue weighted by atomic mass is 9.74. The maximum absolute atomic E-state index is 9.97. The molecule has 0 aromatic heterocycles. The Morgan fingerprint density at radius 2 is 1.87 bits per heavy atom. The fourth-order valence-corrected chi connectivity index (χ4v) is 1.92. The van der Waals surface area contributed by atoms with E-state index >= 15 is 0 Å². The van der Waals surface area contributed by atoms with Gasteiger partial charge in [-0.3, -0.25) is 0 Å². The number of aliphatic hydroxyl groups is 2. The van der Waals surface area contributed by atoms with E-state index in [0.29, 0.717) is 0 Å². The highest BCUT2D eigenvalue weighted by atomic mass is 16.3. The molecule has 15 heavy (non-hydrogen) atoms. The van der Waals surface area contributed by atoms with Gasteiger partial charge >= 0.3 is 0 Å². The summed E-state index contributed by atoms with van der Waals surface area (Å²) in [6.45, 7) is -0.0982. The summed E-state index contributed by atoms with van der Waals surface area (Å²) in [6, 6.07) is 9.58. The normalized spacial score (nSPS) is 29.3. The molecule has 1 aromatic rings. The standard InChI is InChI=1S/C13H14O2/c14-10-13(9-5-4-8-12(13)15)11-6-2-1-3-7-11/h1-9,12,14-15H,10H2. The second-order valence-corrected chi connectivity index (χ2v) is 3.75. The molecular weight excluding hydrogens is 188 g/mol. The van der Waals surface area contributed by atoms with Crippen molar-refractivity contribution in [3.05, 3.63) is 60.2 Å². The lowest BCUT2D eigenvalue weighted by Gasteiger charge is -2.34. The Kier molecular flexibility index (Phi) is 2.71. The summed E-state index contributed by atoms with van der Waals surface area (Å²) in [4.78, 5) is 0. The van der Waals surface area contributed by atoms with Gasteiger partial charge < -0.3 is 10.2 Å². The molecule has 1 aromatic carbocycles. The van der Waals surface area contributed by atoms with Crippen LogP contribution in [0.25, 0.3) is 0 Å². The van der Waals surface area contributed by atoms with E-state index in [-0.39, 0.29) is 6.61 Å². The maximum Gasteiger partial charge on any atom is 0.0877 e. The molecule has 0 fully saturated rings. The first-order chi connectivity index (χ1) is 7.29. The molecule has 0 saturated heterocycles. The number of aliphatic hydroxyl groups excluding tert-OH is 2. The first-order valence-electron chi connectivity index (χ1n) is 5.00. The molecule has 1 aliphatic rings. The van der Waals surface area contributed by atoms with Gasteiger partial charge in [0.2, 0.25) is 0 Å². The Labute approximate surface area is 89.2 Å². The van der Waals surface area contributed by atoms with Crippen molar-refractivity contribution in [2.24, 2.45) is 0 Å². The van der Waals surface area contributed by atoms with Crippen molar-refractivity contribution in [3.8, 4) is 0 Å². The van der Waals surface area contributed by atoms with Gasteiger partial charge in [-0.05, 0) is 5.56 Å². The highest BCUT2D eigenvalue weighted by Gasteiger charge is 2.36. The van der Waals surface area contributed by atoms with E-state index in [2.05, 4.69) is 0 Å². The van der Waals surface area contributed by atoms with Gasteiger partial charge in [0.1, 0.15) is 0 Å². The van der Waals surface area contributed by atoms with E-state index in [1.54, 1.807) is 12.2 Å². The summed E-state index contributed by atoms with van der Waals surface area (Å²) in [5.74, 6) is 0. The summed E-state index contributed by atoms with van der Waals surface area (Å²) >= 11 is 0. The zero-order valence-corrected chi connectivity index (χ0v) is 8.38. The number of hydrogen-bond acceptors (Lipinski definition) is 2. The summed E-state index contributed by atoms with van der Waals surface area (Å²) in [6.07, 6.45) is 6.53. The fourth-order valence-electron chi connectivity index (χ4n) is 1.92.